The molecule has 5 unspecified atom stereocenters. The molecular weight excluding hydrogens is 448 g/mol. The number of aliphatic hydroxyl groups excluding tert-OH is 4. The van der Waals surface area contributed by atoms with Crippen LogP contribution in [0.1, 0.15) is 47.6 Å². The summed E-state index contributed by atoms with van der Waals surface area (Å²) in [6.45, 7) is -0.0218. The number of hydrogen-bond donors (Lipinski definition) is 4. The lowest BCUT2D eigenvalue weighted by molar-refractivity contribution is -0.231. The van der Waals surface area contributed by atoms with Crippen molar-refractivity contribution in [2.75, 3.05) is 13.2 Å². The second-order valence-corrected chi connectivity index (χ2v) is 9.46. The molecule has 2 aromatic rings. The number of rotatable bonds is 6. The first-order chi connectivity index (χ1) is 16.0. The fourth-order valence-corrected chi connectivity index (χ4v) is 5.03. The molecule has 1 saturated heterocycles. The first-order valence-corrected chi connectivity index (χ1v) is 11.9. The van der Waals surface area contributed by atoms with E-state index < -0.39 is 37.1 Å². The lowest BCUT2D eigenvalue weighted by Gasteiger charge is -2.40. The van der Waals surface area contributed by atoms with Crippen LogP contribution < -0.4 is 9.47 Å². The maximum Gasteiger partial charge on any atom is 0.141 e. The van der Waals surface area contributed by atoms with Gasteiger partial charge in [-0.25, -0.2) is 0 Å². The highest BCUT2D eigenvalue weighted by Gasteiger charge is 2.45. The summed E-state index contributed by atoms with van der Waals surface area (Å²) < 4.78 is 17.6. The van der Waals surface area contributed by atoms with Gasteiger partial charge in [0.1, 0.15) is 42.0 Å². The van der Waals surface area contributed by atoms with Gasteiger partial charge in [0, 0.05) is 12.0 Å². The first kappa shape index (κ1) is 22.9. The molecule has 3 aliphatic rings. The van der Waals surface area contributed by atoms with Crippen molar-refractivity contribution in [3.05, 3.63) is 57.6 Å². The molecule has 1 saturated carbocycles. The van der Waals surface area contributed by atoms with Crippen LogP contribution in [0.25, 0.3) is 0 Å². The van der Waals surface area contributed by atoms with Gasteiger partial charge in [-0.05, 0) is 54.5 Å². The monoisotopic (exact) mass is 476 g/mol. The van der Waals surface area contributed by atoms with Gasteiger partial charge in [0.05, 0.1) is 24.3 Å². The lowest BCUT2D eigenvalue weighted by Crippen LogP contribution is -2.55. The highest BCUT2D eigenvalue weighted by molar-refractivity contribution is 6.33. The van der Waals surface area contributed by atoms with Crippen molar-refractivity contribution in [3.8, 4) is 11.5 Å². The molecule has 5 atom stereocenters. The Bertz CT molecular complexity index is 989. The number of fused-ring (bicyclic) bond motifs is 1. The zero-order valence-corrected chi connectivity index (χ0v) is 18.9. The Morgan fingerprint density at radius 1 is 1.03 bits per heavy atom. The van der Waals surface area contributed by atoms with Gasteiger partial charge >= 0.3 is 0 Å². The van der Waals surface area contributed by atoms with Crippen LogP contribution >= 0.6 is 11.6 Å². The summed E-state index contributed by atoms with van der Waals surface area (Å²) in [5.74, 6) is 1.42. The SMILES string of the molecule is OCC1OC(c2cc(Cc3ccc(OC4CCC4)cc3)c(Cl)c3c2CCO3)C(O)C(O)C1O. The largest absolute Gasteiger partial charge is 0.491 e. The third kappa shape index (κ3) is 4.34. The standard InChI is InChI=1S/C25H29ClO7/c26-20-14(10-13-4-6-16(7-5-13)32-15-2-1-3-15)11-18(17-8-9-31-24(17)20)25-23(30)22(29)21(28)19(12-27)33-25/h4-7,11,15,19,21-23,25,27-30H,1-3,8-10,12H2. The maximum atomic E-state index is 10.7. The van der Waals surface area contributed by atoms with Gasteiger partial charge in [-0.15, -0.1) is 0 Å². The van der Waals surface area contributed by atoms with E-state index in [0.29, 0.717) is 41.9 Å². The minimum atomic E-state index is -1.44. The van der Waals surface area contributed by atoms with Crippen molar-refractivity contribution in [2.24, 2.45) is 0 Å². The van der Waals surface area contributed by atoms with Crippen molar-refractivity contribution in [1.82, 2.24) is 0 Å². The summed E-state index contributed by atoms with van der Waals surface area (Å²) in [6.07, 6.45) is -1.24. The van der Waals surface area contributed by atoms with Crippen molar-refractivity contribution in [1.29, 1.82) is 0 Å². The molecule has 0 amide bonds. The molecular formula is C25H29ClO7. The zero-order chi connectivity index (χ0) is 23.1. The normalized spacial score (nSPS) is 29.3. The summed E-state index contributed by atoms with van der Waals surface area (Å²) in [7, 11) is 0. The lowest BCUT2D eigenvalue weighted by atomic mass is 9.87. The summed E-state index contributed by atoms with van der Waals surface area (Å²) in [5, 5.41) is 41.2. The molecule has 33 heavy (non-hydrogen) atoms. The van der Waals surface area contributed by atoms with Gasteiger partial charge in [0.2, 0.25) is 0 Å². The van der Waals surface area contributed by atoms with Gasteiger partial charge in [-0.1, -0.05) is 29.8 Å². The summed E-state index contributed by atoms with van der Waals surface area (Å²) in [6, 6.07) is 9.81. The predicted molar refractivity (Wildman–Crippen MR) is 121 cm³/mol. The molecule has 8 heteroatoms. The molecule has 2 aromatic carbocycles. The summed E-state index contributed by atoms with van der Waals surface area (Å²) in [5.41, 5.74) is 3.31. The molecule has 0 aromatic heterocycles. The smallest absolute Gasteiger partial charge is 0.141 e. The van der Waals surface area contributed by atoms with E-state index in [1.807, 2.05) is 30.3 Å². The Morgan fingerprint density at radius 2 is 1.79 bits per heavy atom. The van der Waals surface area contributed by atoms with Crippen molar-refractivity contribution < 1.29 is 34.6 Å². The Morgan fingerprint density at radius 3 is 2.45 bits per heavy atom. The molecule has 2 aliphatic heterocycles. The average Bonchev–Trinajstić information content (AvgIpc) is 3.29. The molecule has 4 N–H and O–H groups in total. The molecule has 178 valence electrons. The Balaban J connectivity index is 1.44. The van der Waals surface area contributed by atoms with Crippen LogP contribution in [0.4, 0.5) is 0 Å². The minimum Gasteiger partial charge on any atom is -0.491 e. The first-order valence-electron chi connectivity index (χ1n) is 11.5. The third-order valence-corrected chi connectivity index (χ3v) is 7.32. The molecule has 7 nitrogen and oxygen atoms in total. The summed E-state index contributed by atoms with van der Waals surface area (Å²) in [4.78, 5) is 0. The Labute approximate surface area is 197 Å². The van der Waals surface area contributed by atoms with E-state index in [4.69, 9.17) is 25.8 Å². The second-order valence-electron chi connectivity index (χ2n) is 9.09. The van der Waals surface area contributed by atoms with Crippen molar-refractivity contribution in [3.63, 3.8) is 0 Å². The van der Waals surface area contributed by atoms with Gasteiger partial charge < -0.3 is 34.6 Å². The Hall–Kier alpha value is -1.87. The van der Waals surface area contributed by atoms with Crippen LogP contribution in [0.2, 0.25) is 5.02 Å². The van der Waals surface area contributed by atoms with Gasteiger partial charge in [-0.2, -0.15) is 0 Å². The zero-order valence-electron chi connectivity index (χ0n) is 18.2. The predicted octanol–water partition coefficient (Wildman–Crippen LogP) is 2.31. The molecule has 0 bridgehead atoms. The Kier molecular flexibility index (Phi) is 6.53. The third-order valence-electron chi connectivity index (χ3n) is 6.90. The van der Waals surface area contributed by atoms with E-state index in [9.17, 15) is 20.4 Å². The van der Waals surface area contributed by atoms with Crippen LogP contribution in [0.5, 0.6) is 11.5 Å². The van der Waals surface area contributed by atoms with Gasteiger partial charge in [-0.3, -0.25) is 0 Å². The average molecular weight is 477 g/mol. The van der Waals surface area contributed by atoms with Gasteiger partial charge in [0.15, 0.2) is 0 Å². The molecule has 5 rings (SSSR count). The van der Waals surface area contributed by atoms with E-state index in [0.717, 1.165) is 35.3 Å². The number of halogens is 1. The van der Waals surface area contributed by atoms with Crippen LogP contribution in [0.3, 0.4) is 0 Å². The van der Waals surface area contributed by atoms with Crippen molar-refractivity contribution in [2.45, 2.75) is 68.7 Å². The van der Waals surface area contributed by atoms with E-state index in [1.54, 1.807) is 0 Å². The van der Waals surface area contributed by atoms with E-state index in [1.165, 1.54) is 6.42 Å². The van der Waals surface area contributed by atoms with Crippen molar-refractivity contribution >= 4 is 11.6 Å². The molecule has 0 spiro atoms. The minimum absolute atomic E-state index is 0.320. The van der Waals surface area contributed by atoms with E-state index in [-0.39, 0.29) is 0 Å². The number of aliphatic hydroxyl groups is 4. The molecule has 1 aliphatic carbocycles. The maximum absolute atomic E-state index is 10.7. The second kappa shape index (κ2) is 9.41. The molecule has 2 fully saturated rings. The number of ether oxygens (including phenoxy) is 3. The van der Waals surface area contributed by atoms with Gasteiger partial charge in [0.25, 0.3) is 0 Å². The molecule has 2 heterocycles. The highest BCUT2D eigenvalue weighted by Crippen LogP contribution is 2.44. The van der Waals surface area contributed by atoms with E-state index >= 15 is 0 Å². The highest BCUT2D eigenvalue weighted by atomic mass is 35.5. The summed E-state index contributed by atoms with van der Waals surface area (Å²) >= 11 is 6.70. The number of hydrogen-bond acceptors (Lipinski definition) is 7. The fourth-order valence-electron chi connectivity index (χ4n) is 4.74. The number of benzene rings is 2. The molecule has 0 radical (unpaired) electrons. The van der Waals surface area contributed by atoms with E-state index in [2.05, 4.69) is 0 Å². The topological polar surface area (TPSA) is 109 Å². The van der Waals surface area contributed by atoms with Crippen LogP contribution in [0.15, 0.2) is 30.3 Å². The van der Waals surface area contributed by atoms with Crippen LogP contribution in [-0.2, 0) is 17.6 Å². The van der Waals surface area contributed by atoms with Crippen LogP contribution in [0, 0.1) is 0 Å². The van der Waals surface area contributed by atoms with Crippen LogP contribution in [-0.4, -0.2) is 64.2 Å². The fraction of sp³-hybridized carbons (Fsp3) is 0.520. The quantitative estimate of drug-likeness (QED) is 0.506.